The molecular formula is C11H13N5O2S. The van der Waals surface area contributed by atoms with Crippen LogP contribution in [0.4, 0.5) is 5.95 Å². The highest BCUT2D eigenvalue weighted by Gasteiger charge is 2.13. The Morgan fingerprint density at radius 2 is 1.79 bits per heavy atom. The fourth-order valence-corrected chi connectivity index (χ4v) is 2.54. The number of hydrogen-bond donors (Lipinski definition) is 2. The third kappa shape index (κ3) is 3.97. The number of nitrogens with two attached hydrogens (primary N) is 1. The summed E-state index contributed by atoms with van der Waals surface area (Å²) in [6.07, 6.45) is 2.73. The maximum absolute atomic E-state index is 11.9. The van der Waals surface area contributed by atoms with Crippen molar-refractivity contribution < 1.29 is 8.42 Å². The SMILES string of the molecule is NCc1ccc(CS(=O)(=O)Nc2nccnn2)cc1. The van der Waals surface area contributed by atoms with Crippen LogP contribution in [0.25, 0.3) is 0 Å². The van der Waals surface area contributed by atoms with Gasteiger partial charge in [-0.2, -0.15) is 5.10 Å². The first-order valence-electron chi connectivity index (χ1n) is 5.51. The molecule has 0 unspecified atom stereocenters. The maximum atomic E-state index is 11.9. The zero-order chi connectivity index (χ0) is 13.7. The van der Waals surface area contributed by atoms with Crippen LogP contribution < -0.4 is 10.5 Å². The van der Waals surface area contributed by atoms with Crippen molar-refractivity contribution in [2.75, 3.05) is 4.72 Å². The van der Waals surface area contributed by atoms with Crippen molar-refractivity contribution in [2.45, 2.75) is 12.3 Å². The molecule has 8 heteroatoms. The highest BCUT2D eigenvalue weighted by molar-refractivity contribution is 7.91. The molecule has 100 valence electrons. The number of aromatic nitrogens is 3. The summed E-state index contributed by atoms with van der Waals surface area (Å²) in [4.78, 5) is 3.75. The molecule has 0 saturated carbocycles. The molecule has 19 heavy (non-hydrogen) atoms. The molecule has 1 heterocycles. The number of nitrogens with one attached hydrogen (secondary N) is 1. The second-order valence-electron chi connectivity index (χ2n) is 3.85. The van der Waals surface area contributed by atoms with E-state index in [0.717, 1.165) is 5.56 Å². The summed E-state index contributed by atoms with van der Waals surface area (Å²) in [7, 11) is -3.55. The molecule has 0 aliphatic heterocycles. The molecule has 1 aromatic carbocycles. The maximum Gasteiger partial charge on any atom is 0.256 e. The van der Waals surface area contributed by atoms with Crippen LogP contribution in [-0.4, -0.2) is 23.6 Å². The smallest absolute Gasteiger partial charge is 0.256 e. The Morgan fingerprint density at radius 1 is 1.11 bits per heavy atom. The Balaban J connectivity index is 2.08. The van der Waals surface area contributed by atoms with Gasteiger partial charge in [-0.15, -0.1) is 5.10 Å². The van der Waals surface area contributed by atoms with Gasteiger partial charge in [0.25, 0.3) is 5.95 Å². The van der Waals surface area contributed by atoms with E-state index in [1.54, 1.807) is 24.3 Å². The molecule has 0 fully saturated rings. The van der Waals surface area contributed by atoms with Crippen LogP contribution in [0.2, 0.25) is 0 Å². The van der Waals surface area contributed by atoms with E-state index in [-0.39, 0.29) is 11.7 Å². The highest BCUT2D eigenvalue weighted by Crippen LogP contribution is 2.09. The predicted molar refractivity (Wildman–Crippen MR) is 70.4 cm³/mol. The first-order valence-corrected chi connectivity index (χ1v) is 7.16. The summed E-state index contributed by atoms with van der Waals surface area (Å²) in [5, 5.41) is 7.11. The number of hydrogen-bond acceptors (Lipinski definition) is 6. The molecule has 2 rings (SSSR count). The van der Waals surface area contributed by atoms with E-state index in [1.165, 1.54) is 12.4 Å². The van der Waals surface area contributed by atoms with Gasteiger partial charge in [0.2, 0.25) is 10.0 Å². The van der Waals surface area contributed by atoms with Crippen LogP contribution in [0.1, 0.15) is 11.1 Å². The van der Waals surface area contributed by atoms with Gasteiger partial charge in [0.1, 0.15) is 0 Å². The quantitative estimate of drug-likeness (QED) is 0.812. The van der Waals surface area contributed by atoms with Crippen molar-refractivity contribution in [3.05, 3.63) is 47.8 Å². The third-order valence-corrected chi connectivity index (χ3v) is 3.55. The second kappa shape index (κ2) is 5.72. The summed E-state index contributed by atoms with van der Waals surface area (Å²) >= 11 is 0. The summed E-state index contributed by atoms with van der Waals surface area (Å²) in [6, 6.07) is 7.05. The summed E-state index contributed by atoms with van der Waals surface area (Å²) < 4.78 is 26.0. The Hall–Kier alpha value is -2.06. The number of benzene rings is 1. The van der Waals surface area contributed by atoms with Crippen LogP contribution in [0.15, 0.2) is 36.7 Å². The van der Waals surface area contributed by atoms with E-state index in [9.17, 15) is 8.42 Å². The molecule has 0 aliphatic carbocycles. The predicted octanol–water partition coefficient (Wildman–Crippen LogP) is 0.272. The molecule has 0 atom stereocenters. The molecule has 2 aromatic rings. The van der Waals surface area contributed by atoms with Crippen molar-refractivity contribution in [1.29, 1.82) is 0 Å². The Kier molecular flexibility index (Phi) is 4.03. The average Bonchev–Trinajstić information content (AvgIpc) is 2.39. The normalized spacial score (nSPS) is 11.2. The first kappa shape index (κ1) is 13.4. The molecule has 0 aliphatic rings. The highest BCUT2D eigenvalue weighted by atomic mass is 32.2. The number of sulfonamides is 1. The molecule has 0 bridgehead atoms. The van der Waals surface area contributed by atoms with Crippen molar-refractivity contribution in [3.63, 3.8) is 0 Å². The molecule has 3 N–H and O–H groups in total. The Bertz CT molecular complexity index is 628. The molecule has 0 amide bonds. The van der Waals surface area contributed by atoms with Crippen LogP contribution in [0.3, 0.4) is 0 Å². The number of nitrogens with zero attached hydrogens (tertiary/aromatic N) is 3. The zero-order valence-corrected chi connectivity index (χ0v) is 10.8. The number of rotatable bonds is 5. The van der Waals surface area contributed by atoms with Gasteiger partial charge in [0.05, 0.1) is 18.1 Å². The molecule has 0 spiro atoms. The van der Waals surface area contributed by atoms with Crippen LogP contribution >= 0.6 is 0 Å². The molecule has 0 radical (unpaired) electrons. The topological polar surface area (TPSA) is 111 Å². The minimum atomic E-state index is -3.55. The van der Waals surface area contributed by atoms with Gasteiger partial charge in [-0.05, 0) is 11.1 Å². The largest absolute Gasteiger partial charge is 0.326 e. The van der Waals surface area contributed by atoms with Gasteiger partial charge in [0.15, 0.2) is 0 Å². The number of anilines is 1. The van der Waals surface area contributed by atoms with Crippen molar-refractivity contribution in [1.82, 2.24) is 15.2 Å². The monoisotopic (exact) mass is 279 g/mol. The van der Waals surface area contributed by atoms with Crippen molar-refractivity contribution >= 4 is 16.0 Å². The van der Waals surface area contributed by atoms with Crippen molar-refractivity contribution in [2.24, 2.45) is 5.73 Å². The fraction of sp³-hybridized carbons (Fsp3) is 0.182. The van der Waals surface area contributed by atoms with E-state index in [4.69, 9.17) is 5.73 Å². The lowest BCUT2D eigenvalue weighted by Gasteiger charge is -2.06. The zero-order valence-electron chi connectivity index (χ0n) is 10.0. The van der Waals surface area contributed by atoms with Gasteiger partial charge in [-0.1, -0.05) is 24.3 Å². The lowest BCUT2D eigenvalue weighted by molar-refractivity contribution is 0.600. The molecule has 1 aromatic heterocycles. The van der Waals surface area contributed by atoms with E-state index < -0.39 is 10.0 Å². The minimum Gasteiger partial charge on any atom is -0.326 e. The van der Waals surface area contributed by atoms with Crippen LogP contribution in [0.5, 0.6) is 0 Å². The van der Waals surface area contributed by atoms with E-state index >= 15 is 0 Å². The summed E-state index contributed by atoms with van der Waals surface area (Å²) in [5.41, 5.74) is 7.08. The van der Waals surface area contributed by atoms with Gasteiger partial charge in [-0.3, -0.25) is 0 Å². The Morgan fingerprint density at radius 3 is 2.37 bits per heavy atom. The summed E-state index contributed by atoms with van der Waals surface area (Å²) in [5.74, 6) is -0.197. The minimum absolute atomic E-state index is 0.0407. The standard InChI is InChI=1S/C11H13N5O2S/c12-7-9-1-3-10(4-2-9)8-19(17,18)16-11-13-5-6-14-15-11/h1-6H,7-8,12H2,(H,13,15,16). The van der Waals surface area contributed by atoms with Gasteiger partial charge in [0, 0.05) is 6.54 Å². The van der Waals surface area contributed by atoms with E-state index in [0.29, 0.717) is 12.1 Å². The van der Waals surface area contributed by atoms with E-state index in [2.05, 4.69) is 19.9 Å². The van der Waals surface area contributed by atoms with Gasteiger partial charge in [-0.25, -0.2) is 18.1 Å². The van der Waals surface area contributed by atoms with Crippen LogP contribution in [-0.2, 0) is 22.3 Å². The van der Waals surface area contributed by atoms with Crippen LogP contribution in [0, 0.1) is 0 Å². The molecular weight excluding hydrogens is 266 g/mol. The van der Waals surface area contributed by atoms with E-state index in [1.807, 2.05) is 0 Å². The van der Waals surface area contributed by atoms with Gasteiger partial charge < -0.3 is 5.73 Å². The first-order chi connectivity index (χ1) is 9.09. The lowest BCUT2D eigenvalue weighted by atomic mass is 10.1. The van der Waals surface area contributed by atoms with Crippen molar-refractivity contribution in [3.8, 4) is 0 Å². The molecule has 7 nitrogen and oxygen atoms in total. The van der Waals surface area contributed by atoms with Gasteiger partial charge >= 0.3 is 0 Å². The third-order valence-electron chi connectivity index (χ3n) is 2.34. The fourth-order valence-electron chi connectivity index (χ4n) is 1.46. The molecule has 0 saturated heterocycles. The Labute approximate surface area is 110 Å². The second-order valence-corrected chi connectivity index (χ2v) is 5.57. The lowest BCUT2D eigenvalue weighted by Crippen LogP contribution is -2.17. The average molecular weight is 279 g/mol. The summed E-state index contributed by atoms with van der Waals surface area (Å²) in [6.45, 7) is 0.425.